The summed E-state index contributed by atoms with van der Waals surface area (Å²) < 4.78 is 5.14. The van der Waals surface area contributed by atoms with Gasteiger partial charge in [0.15, 0.2) is 0 Å². The number of anilines is 2. The molecule has 0 fully saturated rings. The molecule has 1 amide bonds. The number of nitrogens with one attached hydrogen (secondary N) is 1. The van der Waals surface area contributed by atoms with Crippen molar-refractivity contribution in [3.8, 4) is 5.75 Å². The standard InChI is InChI=1S/C11H14N2O2/c1-13-10-4-3-8(15-2)7-9(10)12-6-5-11(13)14/h3-4,7,12H,5-6H2,1-2H3. The molecule has 1 aliphatic heterocycles. The molecule has 1 aromatic rings. The zero-order chi connectivity index (χ0) is 10.8. The molecule has 0 aliphatic carbocycles. The number of carbonyl (C=O) groups excluding carboxylic acids is 1. The second-order valence-electron chi connectivity index (χ2n) is 3.51. The largest absolute Gasteiger partial charge is 0.497 e. The lowest BCUT2D eigenvalue weighted by Gasteiger charge is -2.17. The highest BCUT2D eigenvalue weighted by Gasteiger charge is 2.18. The molecule has 0 aromatic heterocycles. The lowest BCUT2D eigenvalue weighted by Crippen LogP contribution is -2.25. The molecule has 0 atom stereocenters. The van der Waals surface area contributed by atoms with Gasteiger partial charge < -0.3 is 15.0 Å². The van der Waals surface area contributed by atoms with Gasteiger partial charge in [0.25, 0.3) is 0 Å². The first-order valence-corrected chi connectivity index (χ1v) is 4.91. The van der Waals surface area contributed by atoms with Crippen molar-refractivity contribution in [2.75, 3.05) is 30.9 Å². The number of fused-ring (bicyclic) bond motifs is 1. The number of rotatable bonds is 1. The average molecular weight is 206 g/mol. The number of ether oxygens (including phenoxy) is 1. The fourth-order valence-corrected chi connectivity index (χ4v) is 1.68. The van der Waals surface area contributed by atoms with Crippen LogP contribution in [0.25, 0.3) is 0 Å². The Labute approximate surface area is 88.8 Å². The third-order valence-corrected chi connectivity index (χ3v) is 2.59. The van der Waals surface area contributed by atoms with Gasteiger partial charge in [-0.3, -0.25) is 4.79 Å². The van der Waals surface area contributed by atoms with E-state index in [0.717, 1.165) is 17.1 Å². The van der Waals surface area contributed by atoms with Crippen LogP contribution in [0.4, 0.5) is 11.4 Å². The molecule has 1 N–H and O–H groups in total. The Kier molecular flexibility index (Phi) is 2.49. The maximum Gasteiger partial charge on any atom is 0.228 e. The van der Waals surface area contributed by atoms with Crippen LogP contribution in [0.1, 0.15) is 6.42 Å². The van der Waals surface area contributed by atoms with E-state index in [4.69, 9.17) is 4.74 Å². The SMILES string of the molecule is COc1ccc2c(c1)NCCC(=O)N2C. The molecule has 0 unspecified atom stereocenters. The number of methoxy groups -OCH3 is 1. The minimum Gasteiger partial charge on any atom is -0.497 e. The highest BCUT2D eigenvalue weighted by molar-refractivity contribution is 5.98. The van der Waals surface area contributed by atoms with Gasteiger partial charge in [-0.1, -0.05) is 0 Å². The Hall–Kier alpha value is -1.71. The first kappa shape index (κ1) is 9.83. The summed E-state index contributed by atoms with van der Waals surface area (Å²) in [5.41, 5.74) is 1.85. The average Bonchev–Trinajstić information content (AvgIpc) is 2.40. The minimum absolute atomic E-state index is 0.131. The van der Waals surface area contributed by atoms with Crippen LogP contribution in [0.3, 0.4) is 0 Å². The highest BCUT2D eigenvalue weighted by atomic mass is 16.5. The molecule has 1 aromatic carbocycles. The van der Waals surface area contributed by atoms with Crippen molar-refractivity contribution in [3.63, 3.8) is 0 Å². The molecule has 2 rings (SSSR count). The summed E-state index contributed by atoms with van der Waals surface area (Å²) in [6.07, 6.45) is 0.521. The summed E-state index contributed by atoms with van der Waals surface area (Å²) in [5.74, 6) is 0.926. The van der Waals surface area contributed by atoms with Crippen molar-refractivity contribution in [1.82, 2.24) is 0 Å². The Balaban J connectivity index is 2.43. The first-order valence-electron chi connectivity index (χ1n) is 4.91. The van der Waals surface area contributed by atoms with Gasteiger partial charge in [-0.05, 0) is 12.1 Å². The van der Waals surface area contributed by atoms with E-state index in [1.807, 2.05) is 18.2 Å². The molecule has 80 valence electrons. The van der Waals surface area contributed by atoms with Gasteiger partial charge in [0, 0.05) is 26.1 Å². The predicted molar refractivity (Wildman–Crippen MR) is 59.5 cm³/mol. The third-order valence-electron chi connectivity index (χ3n) is 2.59. The number of benzene rings is 1. The molecule has 1 heterocycles. The van der Waals surface area contributed by atoms with E-state index >= 15 is 0 Å². The Bertz CT molecular complexity index is 390. The van der Waals surface area contributed by atoms with Crippen molar-refractivity contribution in [2.45, 2.75) is 6.42 Å². The summed E-state index contributed by atoms with van der Waals surface area (Å²) >= 11 is 0. The van der Waals surface area contributed by atoms with Crippen LogP contribution in [0.2, 0.25) is 0 Å². The normalized spacial score (nSPS) is 15.3. The minimum atomic E-state index is 0.131. The zero-order valence-corrected chi connectivity index (χ0v) is 8.91. The fraction of sp³-hybridized carbons (Fsp3) is 0.364. The number of hydrogen-bond acceptors (Lipinski definition) is 3. The molecule has 1 aliphatic rings. The predicted octanol–water partition coefficient (Wildman–Crippen LogP) is 1.47. The fourth-order valence-electron chi connectivity index (χ4n) is 1.68. The van der Waals surface area contributed by atoms with E-state index in [9.17, 15) is 4.79 Å². The van der Waals surface area contributed by atoms with Crippen molar-refractivity contribution in [1.29, 1.82) is 0 Å². The third kappa shape index (κ3) is 1.75. The van der Waals surface area contributed by atoms with Crippen LogP contribution in [-0.4, -0.2) is 26.6 Å². The van der Waals surface area contributed by atoms with Crippen molar-refractivity contribution in [3.05, 3.63) is 18.2 Å². The van der Waals surface area contributed by atoms with E-state index in [0.29, 0.717) is 13.0 Å². The summed E-state index contributed by atoms with van der Waals surface area (Å²) in [6.45, 7) is 0.670. The molecule has 0 radical (unpaired) electrons. The number of nitrogens with zero attached hydrogens (tertiary/aromatic N) is 1. The van der Waals surface area contributed by atoms with Crippen LogP contribution in [0, 0.1) is 0 Å². The first-order chi connectivity index (χ1) is 7.22. The van der Waals surface area contributed by atoms with E-state index in [-0.39, 0.29) is 5.91 Å². The highest BCUT2D eigenvalue weighted by Crippen LogP contribution is 2.31. The summed E-state index contributed by atoms with van der Waals surface area (Å²) in [6, 6.07) is 5.66. The van der Waals surface area contributed by atoms with Gasteiger partial charge in [0.05, 0.1) is 18.5 Å². The van der Waals surface area contributed by atoms with Gasteiger partial charge in [-0.15, -0.1) is 0 Å². The zero-order valence-electron chi connectivity index (χ0n) is 8.91. The maximum atomic E-state index is 11.6. The quantitative estimate of drug-likeness (QED) is 0.756. The number of carbonyl (C=O) groups is 1. The smallest absolute Gasteiger partial charge is 0.228 e. The number of amides is 1. The van der Waals surface area contributed by atoms with E-state index in [1.54, 1.807) is 19.1 Å². The van der Waals surface area contributed by atoms with Crippen molar-refractivity contribution in [2.24, 2.45) is 0 Å². The molecule has 0 saturated heterocycles. The Morgan fingerprint density at radius 2 is 2.27 bits per heavy atom. The summed E-state index contributed by atoms with van der Waals surface area (Å²) in [7, 11) is 3.42. The second kappa shape index (κ2) is 3.81. The van der Waals surface area contributed by atoms with Gasteiger partial charge in [0.1, 0.15) is 5.75 Å². The monoisotopic (exact) mass is 206 g/mol. The van der Waals surface area contributed by atoms with Gasteiger partial charge in [0.2, 0.25) is 5.91 Å². The Morgan fingerprint density at radius 3 is 3.00 bits per heavy atom. The molecule has 4 nitrogen and oxygen atoms in total. The van der Waals surface area contributed by atoms with Gasteiger partial charge in [-0.25, -0.2) is 0 Å². The lowest BCUT2D eigenvalue weighted by atomic mass is 10.2. The topological polar surface area (TPSA) is 41.6 Å². The summed E-state index contributed by atoms with van der Waals surface area (Å²) in [4.78, 5) is 13.3. The Morgan fingerprint density at radius 1 is 1.47 bits per heavy atom. The van der Waals surface area contributed by atoms with Crippen molar-refractivity contribution >= 4 is 17.3 Å². The van der Waals surface area contributed by atoms with Crippen LogP contribution in [0.15, 0.2) is 18.2 Å². The van der Waals surface area contributed by atoms with Crippen LogP contribution in [-0.2, 0) is 4.79 Å². The van der Waals surface area contributed by atoms with Gasteiger partial charge in [-0.2, -0.15) is 0 Å². The van der Waals surface area contributed by atoms with Gasteiger partial charge >= 0.3 is 0 Å². The molecule has 0 saturated carbocycles. The van der Waals surface area contributed by atoms with Crippen molar-refractivity contribution < 1.29 is 9.53 Å². The molecule has 15 heavy (non-hydrogen) atoms. The molecule has 4 heteroatoms. The second-order valence-corrected chi connectivity index (χ2v) is 3.51. The van der Waals surface area contributed by atoms with E-state index < -0.39 is 0 Å². The van der Waals surface area contributed by atoms with Crippen LogP contribution >= 0.6 is 0 Å². The molecule has 0 bridgehead atoms. The van der Waals surface area contributed by atoms with Crippen LogP contribution < -0.4 is 15.0 Å². The molecular formula is C11H14N2O2. The lowest BCUT2D eigenvalue weighted by molar-refractivity contribution is -0.118. The van der Waals surface area contributed by atoms with Crippen LogP contribution in [0.5, 0.6) is 5.75 Å². The van der Waals surface area contributed by atoms with E-state index in [2.05, 4.69) is 5.32 Å². The molecule has 0 spiro atoms. The molecular weight excluding hydrogens is 192 g/mol. The summed E-state index contributed by atoms with van der Waals surface area (Å²) in [5, 5.41) is 3.22. The maximum absolute atomic E-state index is 11.6. The number of hydrogen-bond donors (Lipinski definition) is 1. The van der Waals surface area contributed by atoms with E-state index in [1.165, 1.54) is 0 Å².